The average molecular weight is 331 g/mol. The van der Waals surface area contributed by atoms with Gasteiger partial charge in [0.2, 0.25) is 4.90 Å². The van der Waals surface area contributed by atoms with Gasteiger partial charge in [0.1, 0.15) is 0 Å². The van der Waals surface area contributed by atoms with Crippen molar-refractivity contribution >= 4 is 15.8 Å². The molecule has 22 heavy (non-hydrogen) atoms. The number of aryl methyl sites for hydroxylation is 1. The Kier molecular flexibility index (Phi) is 4.28. The average Bonchev–Trinajstić information content (AvgIpc) is 2.86. The van der Waals surface area contributed by atoms with Crippen LogP contribution in [0.1, 0.15) is 27.2 Å². The van der Waals surface area contributed by atoms with E-state index in [1.807, 2.05) is 13.8 Å². The van der Waals surface area contributed by atoms with E-state index in [1.54, 1.807) is 6.92 Å². The Morgan fingerprint density at radius 1 is 1.55 bits per heavy atom. The summed E-state index contributed by atoms with van der Waals surface area (Å²) in [5.41, 5.74) is 5.63. The smallest absolute Gasteiger partial charge is 0.358 e. The van der Waals surface area contributed by atoms with Crippen molar-refractivity contribution in [2.24, 2.45) is 11.1 Å². The van der Waals surface area contributed by atoms with E-state index < -0.39 is 20.8 Å². The first-order valence-electron chi connectivity index (χ1n) is 7.07. The Morgan fingerprint density at radius 3 is 2.68 bits per heavy atom. The number of aromatic nitrogens is 2. The Morgan fingerprint density at radius 2 is 2.18 bits per heavy atom. The summed E-state index contributed by atoms with van der Waals surface area (Å²) in [5.74, 6) is -0.630. The Labute approximate surface area is 129 Å². The molecule has 0 amide bonds. The highest BCUT2D eigenvalue weighted by molar-refractivity contribution is 7.89. The molecule has 0 radical (unpaired) electrons. The molecule has 1 aliphatic heterocycles. The summed E-state index contributed by atoms with van der Waals surface area (Å²) in [6.45, 7) is 6.35. The molecule has 2 heterocycles. The predicted octanol–water partition coefficient (Wildman–Crippen LogP) is 0.559. The molecular weight excluding hydrogens is 310 g/mol. The van der Waals surface area contributed by atoms with Crippen molar-refractivity contribution in [2.45, 2.75) is 44.7 Å². The number of piperidine rings is 1. The van der Waals surface area contributed by atoms with Gasteiger partial charge in [-0.25, -0.2) is 8.42 Å². The minimum atomic E-state index is -3.97. The van der Waals surface area contributed by atoms with Gasteiger partial charge in [-0.15, -0.1) is 0 Å². The van der Waals surface area contributed by atoms with Crippen molar-refractivity contribution in [3.63, 3.8) is 0 Å². The Hall–Kier alpha value is -1.52. The van der Waals surface area contributed by atoms with Crippen LogP contribution in [-0.2, 0) is 16.6 Å². The van der Waals surface area contributed by atoms with E-state index in [9.17, 15) is 18.5 Å². The highest BCUT2D eigenvalue weighted by Crippen LogP contribution is 2.33. The molecule has 2 rings (SSSR count). The molecular formula is C12H21N5O4S. The lowest BCUT2D eigenvalue weighted by Crippen LogP contribution is -2.53. The van der Waals surface area contributed by atoms with E-state index in [1.165, 1.54) is 15.2 Å². The molecule has 0 aliphatic carbocycles. The number of nitrogens with two attached hydrogens (primary N) is 1. The summed E-state index contributed by atoms with van der Waals surface area (Å²) < 4.78 is 28.0. The summed E-state index contributed by atoms with van der Waals surface area (Å²) >= 11 is 0. The van der Waals surface area contributed by atoms with Crippen LogP contribution >= 0.6 is 0 Å². The van der Waals surface area contributed by atoms with Crippen molar-refractivity contribution in [1.29, 1.82) is 0 Å². The molecule has 0 saturated carbocycles. The van der Waals surface area contributed by atoms with E-state index >= 15 is 0 Å². The molecule has 0 bridgehead atoms. The van der Waals surface area contributed by atoms with Crippen LogP contribution in [-0.4, -0.2) is 46.6 Å². The van der Waals surface area contributed by atoms with Crippen LogP contribution < -0.4 is 5.73 Å². The van der Waals surface area contributed by atoms with Crippen molar-refractivity contribution in [3.8, 4) is 0 Å². The van der Waals surface area contributed by atoms with E-state index in [0.717, 1.165) is 0 Å². The van der Waals surface area contributed by atoms with Crippen LogP contribution in [0.2, 0.25) is 0 Å². The third-order valence-corrected chi connectivity index (χ3v) is 5.94. The highest BCUT2D eigenvalue weighted by Gasteiger charge is 2.42. The maximum absolute atomic E-state index is 12.8. The molecule has 9 nitrogen and oxygen atoms in total. The van der Waals surface area contributed by atoms with Crippen LogP contribution in [0, 0.1) is 15.5 Å². The number of nitrogens with zero attached hydrogens (tertiary/aromatic N) is 4. The van der Waals surface area contributed by atoms with Crippen LogP contribution in [0.15, 0.2) is 11.1 Å². The van der Waals surface area contributed by atoms with Crippen molar-refractivity contribution < 1.29 is 13.3 Å². The van der Waals surface area contributed by atoms with Crippen LogP contribution in [0.25, 0.3) is 0 Å². The van der Waals surface area contributed by atoms with Gasteiger partial charge in [-0.2, -0.15) is 8.99 Å². The minimum Gasteiger partial charge on any atom is -0.358 e. The zero-order valence-corrected chi connectivity index (χ0v) is 13.7. The van der Waals surface area contributed by atoms with Crippen LogP contribution in [0.5, 0.6) is 0 Å². The van der Waals surface area contributed by atoms with Crippen molar-refractivity contribution in [2.75, 3.05) is 13.1 Å². The Bertz CT molecular complexity index is 682. The molecule has 10 heteroatoms. The van der Waals surface area contributed by atoms with Gasteiger partial charge in [0.05, 0.1) is 17.8 Å². The van der Waals surface area contributed by atoms with Crippen LogP contribution in [0.4, 0.5) is 5.82 Å². The minimum absolute atomic E-state index is 0.104. The zero-order chi connectivity index (χ0) is 16.7. The van der Waals surface area contributed by atoms with Gasteiger partial charge < -0.3 is 15.8 Å². The number of nitro groups is 1. The molecule has 1 fully saturated rings. The maximum Gasteiger partial charge on any atom is 0.410 e. The van der Waals surface area contributed by atoms with E-state index in [0.29, 0.717) is 13.0 Å². The van der Waals surface area contributed by atoms with E-state index in [-0.39, 0.29) is 29.4 Å². The molecule has 1 saturated heterocycles. The van der Waals surface area contributed by atoms with Gasteiger partial charge in [-0.05, 0) is 23.7 Å². The second-order valence-electron chi connectivity index (χ2n) is 6.15. The number of rotatable bonds is 4. The van der Waals surface area contributed by atoms with Gasteiger partial charge in [-0.1, -0.05) is 13.8 Å². The second kappa shape index (κ2) is 5.60. The maximum atomic E-state index is 12.8. The second-order valence-corrected chi connectivity index (χ2v) is 8.06. The monoisotopic (exact) mass is 331 g/mol. The fraction of sp³-hybridized carbons (Fsp3) is 0.750. The molecule has 1 aromatic rings. The third kappa shape index (κ3) is 2.85. The molecule has 124 valence electrons. The van der Waals surface area contributed by atoms with Crippen molar-refractivity contribution in [1.82, 2.24) is 14.1 Å². The number of sulfonamides is 1. The topological polar surface area (TPSA) is 124 Å². The number of hydrogen-bond donors (Lipinski definition) is 1. The molecule has 1 aliphatic rings. The highest BCUT2D eigenvalue weighted by atomic mass is 32.2. The molecule has 0 spiro atoms. The number of hydrogen-bond acceptors (Lipinski definition) is 6. The molecule has 1 atom stereocenters. The van der Waals surface area contributed by atoms with Gasteiger partial charge >= 0.3 is 5.82 Å². The largest absolute Gasteiger partial charge is 0.410 e. The van der Waals surface area contributed by atoms with Crippen LogP contribution in [0.3, 0.4) is 0 Å². The van der Waals surface area contributed by atoms with E-state index in [2.05, 4.69) is 5.10 Å². The van der Waals surface area contributed by atoms with Gasteiger partial charge in [0.25, 0.3) is 10.0 Å². The van der Waals surface area contributed by atoms with Crippen molar-refractivity contribution in [3.05, 3.63) is 16.3 Å². The lowest BCUT2D eigenvalue weighted by atomic mass is 9.81. The predicted molar refractivity (Wildman–Crippen MR) is 79.7 cm³/mol. The summed E-state index contributed by atoms with van der Waals surface area (Å²) in [4.78, 5) is 9.97. The van der Waals surface area contributed by atoms with Gasteiger partial charge in [0, 0.05) is 19.1 Å². The molecule has 1 aromatic heterocycles. The SMILES string of the molecule is CCn1cc(S(=O)(=O)N2CCC(N)C(C)(C)C2)c([N+](=O)[O-])n1. The molecule has 2 N–H and O–H groups in total. The fourth-order valence-electron chi connectivity index (χ4n) is 2.53. The quantitative estimate of drug-likeness (QED) is 0.635. The molecule has 0 aromatic carbocycles. The Balaban J connectivity index is 2.43. The zero-order valence-electron chi connectivity index (χ0n) is 12.9. The molecule has 1 unspecified atom stereocenters. The standard InChI is InChI=1S/C12H21N5O4S/c1-4-15-7-9(11(14-15)17(18)19)22(20,21)16-6-5-10(13)12(2,3)8-16/h7,10H,4-6,8,13H2,1-3H3. The van der Waals surface area contributed by atoms with E-state index in [4.69, 9.17) is 5.73 Å². The first-order chi connectivity index (χ1) is 10.1. The summed E-state index contributed by atoms with van der Waals surface area (Å²) in [6, 6.07) is -0.104. The first kappa shape index (κ1) is 16.8. The summed E-state index contributed by atoms with van der Waals surface area (Å²) in [5, 5.41) is 14.8. The fourth-order valence-corrected chi connectivity index (χ4v) is 4.26. The summed E-state index contributed by atoms with van der Waals surface area (Å²) in [6.07, 6.45) is 1.73. The van der Waals surface area contributed by atoms with Gasteiger partial charge in [-0.3, -0.25) is 0 Å². The lowest BCUT2D eigenvalue weighted by molar-refractivity contribution is -0.392. The third-order valence-electron chi connectivity index (χ3n) is 4.10. The normalized spacial score (nSPS) is 22.6. The summed E-state index contributed by atoms with van der Waals surface area (Å²) in [7, 11) is -3.97. The lowest BCUT2D eigenvalue weighted by Gasteiger charge is -2.41. The van der Waals surface area contributed by atoms with Gasteiger partial charge in [0.15, 0.2) is 0 Å². The first-order valence-corrected chi connectivity index (χ1v) is 8.51.